The first-order valence-corrected chi connectivity index (χ1v) is 9.49. The highest BCUT2D eigenvalue weighted by molar-refractivity contribution is 5.84. The monoisotopic (exact) mass is 373 g/mol. The number of allylic oxidation sites excluding steroid dienone is 3. The van der Waals surface area contributed by atoms with E-state index in [-0.39, 0.29) is 5.56 Å². The van der Waals surface area contributed by atoms with Crippen molar-refractivity contribution in [3.05, 3.63) is 94.2 Å². The molecule has 0 aliphatic rings. The molecular weight excluding hydrogens is 346 g/mol. The van der Waals surface area contributed by atoms with Gasteiger partial charge in [-0.05, 0) is 43.9 Å². The van der Waals surface area contributed by atoms with Crippen LogP contribution in [0.1, 0.15) is 33.8 Å². The molecule has 1 N–H and O–H groups in total. The molecule has 4 heteroatoms. The molecule has 2 aromatic heterocycles. The van der Waals surface area contributed by atoms with Crippen molar-refractivity contribution in [2.75, 3.05) is 0 Å². The van der Waals surface area contributed by atoms with Crippen LogP contribution in [-0.4, -0.2) is 14.5 Å². The Labute approximate surface area is 166 Å². The van der Waals surface area contributed by atoms with Gasteiger partial charge in [0.1, 0.15) is 5.82 Å². The fraction of sp³-hybridized carbons (Fsp3) is 0.250. The molecule has 0 unspecified atom stereocenters. The molecule has 0 radical (unpaired) electrons. The van der Waals surface area contributed by atoms with Gasteiger partial charge < -0.3 is 4.98 Å². The van der Waals surface area contributed by atoms with Crippen molar-refractivity contribution in [3.63, 3.8) is 0 Å². The molecule has 0 saturated heterocycles. The maximum absolute atomic E-state index is 13.0. The summed E-state index contributed by atoms with van der Waals surface area (Å²) in [6.07, 6.45) is 7.20. The van der Waals surface area contributed by atoms with Crippen molar-refractivity contribution >= 4 is 11.0 Å². The molecule has 1 aromatic carbocycles. The van der Waals surface area contributed by atoms with Gasteiger partial charge in [-0.15, -0.1) is 19.7 Å². The molecule has 0 aliphatic carbocycles. The molecule has 144 valence electrons. The number of aryl methyl sites for hydroxylation is 3. The normalized spacial score (nSPS) is 11.0. The Morgan fingerprint density at radius 2 is 1.61 bits per heavy atom. The molecule has 2 heterocycles. The first kappa shape index (κ1) is 19.6. The average Bonchev–Trinajstić information content (AvgIpc) is 2.90. The van der Waals surface area contributed by atoms with Crippen molar-refractivity contribution in [1.82, 2.24) is 14.5 Å². The van der Waals surface area contributed by atoms with Crippen LogP contribution in [0, 0.1) is 20.8 Å². The van der Waals surface area contributed by atoms with Gasteiger partial charge in [-0.2, -0.15) is 0 Å². The van der Waals surface area contributed by atoms with Crippen LogP contribution in [0.25, 0.3) is 16.7 Å². The van der Waals surface area contributed by atoms with E-state index in [4.69, 9.17) is 4.98 Å². The molecule has 0 bridgehead atoms. The zero-order chi connectivity index (χ0) is 20.4. The summed E-state index contributed by atoms with van der Waals surface area (Å²) in [5.74, 6) is 0.615. The molecule has 0 amide bonds. The highest BCUT2D eigenvalue weighted by Crippen LogP contribution is 2.31. The number of hydrogen-bond acceptors (Lipinski definition) is 2. The van der Waals surface area contributed by atoms with E-state index in [2.05, 4.69) is 62.2 Å². The third-order valence-electron chi connectivity index (χ3n) is 4.96. The van der Waals surface area contributed by atoms with E-state index in [1.54, 1.807) is 6.08 Å². The number of fused-ring (bicyclic) bond motifs is 1. The number of aromatic amines is 1. The third kappa shape index (κ3) is 3.26. The zero-order valence-corrected chi connectivity index (χ0v) is 16.9. The smallest absolute Gasteiger partial charge is 0.260 e. The lowest BCUT2D eigenvalue weighted by molar-refractivity contribution is 0.926. The molecular formula is C24H27N3O. The summed E-state index contributed by atoms with van der Waals surface area (Å²) < 4.78 is 2.14. The van der Waals surface area contributed by atoms with Gasteiger partial charge >= 0.3 is 0 Å². The Bertz CT molecular complexity index is 1120. The lowest BCUT2D eigenvalue weighted by atomic mass is 10.0. The van der Waals surface area contributed by atoms with Crippen LogP contribution in [0.3, 0.4) is 0 Å². The fourth-order valence-electron chi connectivity index (χ4n) is 4.06. The predicted molar refractivity (Wildman–Crippen MR) is 118 cm³/mol. The summed E-state index contributed by atoms with van der Waals surface area (Å²) in [6.45, 7) is 17.9. The molecule has 3 rings (SSSR count). The summed E-state index contributed by atoms with van der Waals surface area (Å²) in [4.78, 5) is 20.7. The summed E-state index contributed by atoms with van der Waals surface area (Å²) in [5, 5.41) is 0.629. The van der Waals surface area contributed by atoms with Gasteiger partial charge in [0, 0.05) is 18.5 Å². The van der Waals surface area contributed by atoms with E-state index in [1.807, 2.05) is 12.2 Å². The Morgan fingerprint density at radius 3 is 2.18 bits per heavy atom. The SMILES string of the molecule is C=CCc1nc2c(c(CC=C)c(CC=C)n2-c2c(C)cc(C)cc2C)c(=O)[nH]1. The number of benzene rings is 1. The lowest BCUT2D eigenvalue weighted by Crippen LogP contribution is -2.13. The fourth-order valence-corrected chi connectivity index (χ4v) is 4.06. The van der Waals surface area contributed by atoms with E-state index in [1.165, 1.54) is 5.56 Å². The first-order valence-electron chi connectivity index (χ1n) is 9.49. The Hall–Kier alpha value is -3.14. The van der Waals surface area contributed by atoms with Gasteiger partial charge in [-0.1, -0.05) is 35.9 Å². The van der Waals surface area contributed by atoms with E-state index in [0.29, 0.717) is 36.1 Å². The van der Waals surface area contributed by atoms with Crippen LogP contribution >= 0.6 is 0 Å². The van der Waals surface area contributed by atoms with E-state index in [0.717, 1.165) is 28.1 Å². The number of hydrogen-bond donors (Lipinski definition) is 1. The lowest BCUT2D eigenvalue weighted by Gasteiger charge is -2.17. The van der Waals surface area contributed by atoms with Crippen molar-refractivity contribution in [1.29, 1.82) is 0 Å². The maximum Gasteiger partial charge on any atom is 0.260 e. The molecule has 0 fully saturated rings. The molecule has 3 aromatic rings. The number of nitrogens with one attached hydrogen (secondary N) is 1. The van der Waals surface area contributed by atoms with Gasteiger partial charge in [0.15, 0.2) is 5.65 Å². The second-order valence-corrected chi connectivity index (χ2v) is 7.20. The minimum Gasteiger partial charge on any atom is -0.310 e. The van der Waals surface area contributed by atoms with Gasteiger partial charge in [-0.25, -0.2) is 4.98 Å². The van der Waals surface area contributed by atoms with Crippen molar-refractivity contribution in [3.8, 4) is 5.69 Å². The summed E-state index contributed by atoms with van der Waals surface area (Å²) in [7, 11) is 0. The van der Waals surface area contributed by atoms with E-state index >= 15 is 0 Å². The number of aromatic nitrogens is 3. The number of nitrogens with zero attached hydrogens (tertiary/aromatic N) is 2. The van der Waals surface area contributed by atoms with Crippen molar-refractivity contribution in [2.45, 2.75) is 40.0 Å². The van der Waals surface area contributed by atoms with Gasteiger partial charge in [0.05, 0.1) is 11.1 Å². The summed E-state index contributed by atoms with van der Waals surface area (Å²) in [5.41, 5.74) is 7.15. The second kappa shape index (κ2) is 7.85. The van der Waals surface area contributed by atoms with Gasteiger partial charge in [-0.3, -0.25) is 9.36 Å². The second-order valence-electron chi connectivity index (χ2n) is 7.20. The van der Waals surface area contributed by atoms with Crippen LogP contribution in [0.15, 0.2) is 54.9 Å². The Morgan fingerprint density at radius 1 is 1.00 bits per heavy atom. The Kier molecular flexibility index (Phi) is 5.50. The molecule has 28 heavy (non-hydrogen) atoms. The van der Waals surface area contributed by atoms with Crippen LogP contribution in [0.2, 0.25) is 0 Å². The average molecular weight is 374 g/mol. The molecule has 0 aliphatic heterocycles. The predicted octanol–water partition coefficient (Wildman–Crippen LogP) is 4.82. The summed E-state index contributed by atoms with van der Waals surface area (Å²) in [6, 6.07) is 4.33. The van der Waals surface area contributed by atoms with Crippen molar-refractivity contribution in [2.24, 2.45) is 0 Å². The van der Waals surface area contributed by atoms with Crippen LogP contribution in [0.5, 0.6) is 0 Å². The highest BCUT2D eigenvalue weighted by Gasteiger charge is 2.23. The van der Waals surface area contributed by atoms with Gasteiger partial charge in [0.2, 0.25) is 0 Å². The van der Waals surface area contributed by atoms with E-state index in [9.17, 15) is 4.79 Å². The van der Waals surface area contributed by atoms with Crippen LogP contribution in [0.4, 0.5) is 0 Å². The molecule has 0 saturated carbocycles. The third-order valence-corrected chi connectivity index (χ3v) is 4.96. The minimum atomic E-state index is -0.120. The Balaban J connectivity index is 2.54. The maximum atomic E-state index is 13.0. The topological polar surface area (TPSA) is 50.7 Å². The standard InChI is InChI=1S/C24H27N3O/c1-7-10-18-19(11-8-2)27(22-16(5)13-15(4)14-17(22)6)23-21(18)24(28)26-20(25-23)12-9-3/h7-9,13-14H,1-3,10-12H2,4-6H3,(H,25,26,28). The summed E-state index contributed by atoms with van der Waals surface area (Å²) >= 11 is 0. The largest absolute Gasteiger partial charge is 0.310 e. The number of rotatable bonds is 7. The highest BCUT2D eigenvalue weighted by atomic mass is 16.1. The van der Waals surface area contributed by atoms with Crippen LogP contribution < -0.4 is 5.56 Å². The van der Waals surface area contributed by atoms with Crippen LogP contribution in [-0.2, 0) is 19.3 Å². The molecule has 0 atom stereocenters. The number of H-pyrrole nitrogens is 1. The quantitative estimate of drug-likeness (QED) is 0.603. The van der Waals surface area contributed by atoms with E-state index < -0.39 is 0 Å². The molecule has 4 nitrogen and oxygen atoms in total. The zero-order valence-electron chi connectivity index (χ0n) is 16.9. The molecule has 0 spiro atoms. The first-order chi connectivity index (χ1) is 13.4. The minimum absolute atomic E-state index is 0.120. The van der Waals surface area contributed by atoms with Crippen molar-refractivity contribution < 1.29 is 0 Å². The van der Waals surface area contributed by atoms with Gasteiger partial charge in [0.25, 0.3) is 5.56 Å².